The Kier molecular flexibility index (Phi) is 5.40. The van der Waals surface area contributed by atoms with Crippen LogP contribution in [0.25, 0.3) is 11.4 Å². The first-order valence-electron chi connectivity index (χ1n) is 9.10. The van der Waals surface area contributed by atoms with Crippen molar-refractivity contribution in [2.45, 2.75) is 0 Å². The summed E-state index contributed by atoms with van der Waals surface area (Å²) in [5, 5.41) is 0.636. The molecule has 1 fully saturated rings. The first-order valence-corrected chi connectivity index (χ1v) is 9.48. The molecule has 1 amide bonds. The van der Waals surface area contributed by atoms with E-state index in [0.29, 0.717) is 37.0 Å². The van der Waals surface area contributed by atoms with Gasteiger partial charge in [0.05, 0.1) is 0 Å². The number of hydrogen-bond donors (Lipinski definition) is 0. The Labute approximate surface area is 171 Å². The average Bonchev–Trinajstić information content (AvgIpc) is 2.74. The van der Waals surface area contributed by atoms with Gasteiger partial charge >= 0.3 is 0 Å². The summed E-state index contributed by atoms with van der Waals surface area (Å²) in [6.07, 6.45) is 1.68. The van der Waals surface area contributed by atoms with Gasteiger partial charge in [0.1, 0.15) is 23.0 Å². The lowest BCUT2D eigenvalue weighted by Gasteiger charge is -2.35. The lowest BCUT2D eigenvalue weighted by molar-refractivity contribution is 0.0736. The number of rotatable bonds is 3. The molecule has 4 rings (SSSR count). The number of carbonyl (C=O) groups excluding carboxylic acids is 1. The van der Waals surface area contributed by atoms with E-state index in [1.807, 2.05) is 17.0 Å². The minimum atomic E-state index is -0.846. The smallest absolute Gasteiger partial charge is 0.259 e. The van der Waals surface area contributed by atoms with E-state index in [9.17, 15) is 13.6 Å². The van der Waals surface area contributed by atoms with Crippen molar-refractivity contribution in [1.29, 1.82) is 0 Å². The summed E-state index contributed by atoms with van der Waals surface area (Å²) in [6.45, 7) is 1.68. The van der Waals surface area contributed by atoms with Crippen LogP contribution in [0.15, 0.2) is 54.7 Å². The molecule has 1 aliphatic heterocycles. The third kappa shape index (κ3) is 4.05. The molecule has 1 saturated heterocycles. The molecule has 0 saturated carbocycles. The van der Waals surface area contributed by atoms with Crippen molar-refractivity contribution in [1.82, 2.24) is 14.9 Å². The van der Waals surface area contributed by atoms with Crippen LogP contribution in [0.4, 0.5) is 14.6 Å². The number of carbonyl (C=O) groups is 1. The van der Waals surface area contributed by atoms with Gasteiger partial charge in [-0.25, -0.2) is 18.7 Å². The van der Waals surface area contributed by atoms with E-state index < -0.39 is 23.1 Å². The lowest BCUT2D eigenvalue weighted by atomic mass is 10.1. The number of aromatic nitrogens is 2. The van der Waals surface area contributed by atoms with E-state index in [1.165, 1.54) is 11.0 Å². The number of anilines is 1. The fraction of sp³-hybridized carbons (Fsp3) is 0.190. The van der Waals surface area contributed by atoms with E-state index in [1.54, 1.807) is 24.4 Å². The second-order valence-electron chi connectivity index (χ2n) is 6.62. The zero-order valence-corrected chi connectivity index (χ0v) is 16.1. The van der Waals surface area contributed by atoms with Crippen LogP contribution in [0.2, 0.25) is 5.02 Å². The van der Waals surface area contributed by atoms with Gasteiger partial charge in [-0.15, -0.1) is 0 Å². The largest absolute Gasteiger partial charge is 0.353 e. The van der Waals surface area contributed by atoms with Gasteiger partial charge in [0.25, 0.3) is 5.91 Å². The highest BCUT2D eigenvalue weighted by Crippen LogP contribution is 2.22. The number of hydrogen-bond acceptors (Lipinski definition) is 4. The molecule has 1 aliphatic rings. The van der Waals surface area contributed by atoms with Crippen molar-refractivity contribution < 1.29 is 13.6 Å². The van der Waals surface area contributed by atoms with Gasteiger partial charge in [0.2, 0.25) is 0 Å². The maximum atomic E-state index is 13.9. The lowest BCUT2D eigenvalue weighted by Crippen LogP contribution is -2.49. The number of amides is 1. The SMILES string of the molecule is O=C(c1c(F)cccc1F)N1CCN(c2ccnc(-c3ccc(Cl)cc3)n2)CC1. The Morgan fingerprint density at radius 2 is 1.59 bits per heavy atom. The van der Waals surface area contributed by atoms with Crippen molar-refractivity contribution in [2.24, 2.45) is 0 Å². The van der Waals surface area contributed by atoms with Crippen molar-refractivity contribution >= 4 is 23.3 Å². The van der Waals surface area contributed by atoms with Gasteiger partial charge in [-0.05, 0) is 42.5 Å². The van der Waals surface area contributed by atoms with Crippen LogP contribution in [0, 0.1) is 11.6 Å². The fourth-order valence-electron chi connectivity index (χ4n) is 3.26. The summed E-state index contributed by atoms with van der Waals surface area (Å²) in [6, 6.07) is 12.5. The summed E-state index contributed by atoms with van der Waals surface area (Å²) in [5.41, 5.74) is 0.341. The molecule has 29 heavy (non-hydrogen) atoms. The Morgan fingerprint density at radius 3 is 2.24 bits per heavy atom. The van der Waals surface area contributed by atoms with Crippen LogP contribution in [0.1, 0.15) is 10.4 Å². The molecule has 8 heteroatoms. The molecule has 0 N–H and O–H groups in total. The van der Waals surface area contributed by atoms with Crippen molar-refractivity contribution in [3.05, 3.63) is 76.9 Å². The first-order chi connectivity index (χ1) is 14.0. The van der Waals surface area contributed by atoms with Gasteiger partial charge in [-0.3, -0.25) is 4.79 Å². The monoisotopic (exact) mass is 414 g/mol. The molecule has 0 unspecified atom stereocenters. The Hall–Kier alpha value is -3.06. The Morgan fingerprint density at radius 1 is 0.931 bits per heavy atom. The summed E-state index contributed by atoms with van der Waals surface area (Å²) in [5.74, 6) is -1.02. The number of benzene rings is 2. The van der Waals surface area contributed by atoms with E-state index in [2.05, 4.69) is 9.97 Å². The summed E-state index contributed by atoms with van der Waals surface area (Å²) >= 11 is 5.93. The maximum absolute atomic E-state index is 13.9. The zero-order valence-electron chi connectivity index (χ0n) is 15.4. The second kappa shape index (κ2) is 8.13. The molecule has 2 aromatic carbocycles. The van der Waals surface area contributed by atoms with Crippen LogP contribution in [0.3, 0.4) is 0 Å². The van der Waals surface area contributed by atoms with Gasteiger partial charge in [0, 0.05) is 43.0 Å². The third-order valence-corrected chi connectivity index (χ3v) is 5.06. The molecule has 2 heterocycles. The topological polar surface area (TPSA) is 49.3 Å². The van der Waals surface area contributed by atoms with Crippen LogP contribution < -0.4 is 4.90 Å². The molecule has 3 aromatic rings. The number of halogens is 3. The van der Waals surface area contributed by atoms with Gasteiger partial charge in [-0.1, -0.05) is 17.7 Å². The van der Waals surface area contributed by atoms with Crippen LogP contribution in [-0.2, 0) is 0 Å². The van der Waals surface area contributed by atoms with E-state index in [-0.39, 0.29) is 0 Å². The molecule has 148 valence electrons. The van der Waals surface area contributed by atoms with Gasteiger partial charge in [-0.2, -0.15) is 0 Å². The molecule has 0 spiro atoms. The number of nitrogens with zero attached hydrogens (tertiary/aromatic N) is 4. The zero-order chi connectivity index (χ0) is 20.4. The highest BCUT2D eigenvalue weighted by Gasteiger charge is 2.27. The predicted molar refractivity (Wildman–Crippen MR) is 107 cm³/mol. The fourth-order valence-corrected chi connectivity index (χ4v) is 3.39. The van der Waals surface area contributed by atoms with Crippen LogP contribution in [0.5, 0.6) is 0 Å². The molecular weight excluding hydrogens is 398 g/mol. The molecule has 1 aromatic heterocycles. The minimum Gasteiger partial charge on any atom is -0.353 e. The molecule has 0 atom stereocenters. The Balaban J connectivity index is 1.47. The normalized spacial score (nSPS) is 14.2. The maximum Gasteiger partial charge on any atom is 0.259 e. The minimum absolute atomic E-state index is 0.340. The molecule has 0 bridgehead atoms. The van der Waals surface area contributed by atoms with Crippen LogP contribution in [-0.4, -0.2) is 47.0 Å². The quantitative estimate of drug-likeness (QED) is 0.649. The summed E-state index contributed by atoms with van der Waals surface area (Å²) in [7, 11) is 0. The Bertz CT molecular complexity index is 1020. The van der Waals surface area contributed by atoms with Crippen molar-refractivity contribution in [3.8, 4) is 11.4 Å². The van der Waals surface area contributed by atoms with E-state index in [0.717, 1.165) is 23.5 Å². The summed E-state index contributed by atoms with van der Waals surface area (Å²) in [4.78, 5) is 24.9. The van der Waals surface area contributed by atoms with Crippen LogP contribution >= 0.6 is 11.6 Å². The van der Waals surface area contributed by atoms with Gasteiger partial charge < -0.3 is 9.80 Å². The van der Waals surface area contributed by atoms with Crippen molar-refractivity contribution in [3.63, 3.8) is 0 Å². The van der Waals surface area contributed by atoms with E-state index in [4.69, 9.17) is 11.6 Å². The number of piperazine rings is 1. The second-order valence-corrected chi connectivity index (χ2v) is 7.06. The standard InChI is InChI=1S/C21H17ClF2N4O/c22-15-6-4-14(5-7-15)20-25-9-8-18(26-20)27-10-12-28(13-11-27)21(29)19-16(23)2-1-3-17(19)24/h1-9H,10-13H2. The van der Waals surface area contributed by atoms with E-state index >= 15 is 0 Å². The third-order valence-electron chi connectivity index (χ3n) is 4.81. The summed E-state index contributed by atoms with van der Waals surface area (Å²) < 4.78 is 27.8. The predicted octanol–water partition coefficient (Wildman–Crippen LogP) is 4.04. The van der Waals surface area contributed by atoms with Crippen molar-refractivity contribution in [2.75, 3.05) is 31.1 Å². The molecule has 0 aliphatic carbocycles. The average molecular weight is 415 g/mol. The van der Waals surface area contributed by atoms with Gasteiger partial charge in [0.15, 0.2) is 5.82 Å². The molecular formula is C21H17ClF2N4O. The highest BCUT2D eigenvalue weighted by atomic mass is 35.5. The first kappa shape index (κ1) is 19.3. The molecule has 0 radical (unpaired) electrons. The molecule has 5 nitrogen and oxygen atoms in total. The highest BCUT2D eigenvalue weighted by molar-refractivity contribution is 6.30.